The van der Waals surface area contributed by atoms with E-state index in [2.05, 4.69) is 41.7 Å². The van der Waals surface area contributed by atoms with E-state index >= 15 is 0 Å². The van der Waals surface area contributed by atoms with Gasteiger partial charge in [0.15, 0.2) is 0 Å². The SMILES string of the molecule is C=CCNC(=O)C(=O)C(CCCC)NC(=O)[C@@H]1[C@@H]2[C@H](CN1C(=O)[C@@H](NC(=O)N[C@H](CN1Cc3sccc3S1(=O)=O)C(C)(C)C)C1CCCCC1)C2(C)C. The first-order valence-corrected chi connectivity index (χ1v) is 21.4. The number of carbonyl (C=O) groups excluding carboxylic acids is 5. The predicted octanol–water partition coefficient (Wildman–Crippen LogP) is 3.94. The Morgan fingerprint density at radius 2 is 1.77 bits per heavy atom. The third-order valence-electron chi connectivity index (χ3n) is 11.9. The summed E-state index contributed by atoms with van der Waals surface area (Å²) in [7, 11) is -3.69. The third-order valence-corrected chi connectivity index (χ3v) is 14.9. The molecule has 13 nitrogen and oxygen atoms in total. The Labute approximate surface area is 318 Å². The average molecular weight is 775 g/mol. The number of likely N-dealkylation sites (tertiary alicyclic amines) is 1. The Hall–Kier alpha value is -3.30. The number of hydrogen-bond acceptors (Lipinski definition) is 8. The van der Waals surface area contributed by atoms with Crippen molar-refractivity contribution in [3.8, 4) is 0 Å². The molecule has 2 aliphatic heterocycles. The van der Waals surface area contributed by atoms with E-state index in [1.54, 1.807) is 16.3 Å². The van der Waals surface area contributed by atoms with Crippen LogP contribution in [0.4, 0.5) is 4.79 Å². The standard InChI is InChI=1S/C38H58N6O7S2/c1-8-10-16-25(32(45)34(47)39-18-9-2)40-33(46)31-29-24(38(29,6)7)20-44(31)35(48)30(23-14-12-11-13-15-23)42-36(49)41-28(37(3,4)5)22-43-21-26-27(17-19-52-26)53(43,50)51/h9,17,19,23-25,28-31H,2,8,10-16,18,20-22H2,1,3-7H3,(H,39,47)(H,40,46)(H2,41,42,49)/t24-,25?,28+,29-,30-,31-/m0/s1. The number of piperidine rings is 1. The average Bonchev–Trinajstić information content (AvgIpc) is 3.56. The smallest absolute Gasteiger partial charge is 0.315 e. The number of carbonyl (C=O) groups is 5. The molecule has 5 rings (SSSR count). The highest BCUT2D eigenvalue weighted by molar-refractivity contribution is 7.89. The van der Waals surface area contributed by atoms with Gasteiger partial charge in [-0.1, -0.05) is 79.7 Å². The quantitative estimate of drug-likeness (QED) is 0.154. The molecule has 0 spiro atoms. The summed E-state index contributed by atoms with van der Waals surface area (Å²) in [6.07, 6.45) is 7.48. The van der Waals surface area contributed by atoms with E-state index in [1.807, 2.05) is 27.7 Å². The van der Waals surface area contributed by atoms with Crippen LogP contribution in [0.25, 0.3) is 0 Å². The minimum atomic E-state index is -3.69. The second kappa shape index (κ2) is 16.2. The zero-order chi connectivity index (χ0) is 38.9. The highest BCUT2D eigenvalue weighted by Crippen LogP contribution is 2.65. The molecule has 6 atom stereocenters. The number of amides is 5. The van der Waals surface area contributed by atoms with E-state index in [9.17, 15) is 32.4 Å². The van der Waals surface area contributed by atoms with Crippen LogP contribution in [0.3, 0.4) is 0 Å². The second-order valence-electron chi connectivity index (χ2n) is 16.9. The number of ketones is 1. The molecule has 3 heterocycles. The molecule has 2 saturated carbocycles. The summed E-state index contributed by atoms with van der Waals surface area (Å²) in [5.41, 5.74) is -0.722. The lowest BCUT2D eigenvalue weighted by molar-refractivity contribution is -0.144. The molecule has 15 heteroatoms. The van der Waals surface area contributed by atoms with E-state index in [-0.39, 0.29) is 55.1 Å². The van der Waals surface area contributed by atoms with E-state index in [0.29, 0.717) is 17.9 Å². The number of nitrogens with one attached hydrogen (secondary N) is 4. The summed E-state index contributed by atoms with van der Waals surface area (Å²) in [5.74, 6) is -2.56. The van der Waals surface area contributed by atoms with E-state index in [4.69, 9.17) is 0 Å². The minimum absolute atomic E-state index is 0.0685. The van der Waals surface area contributed by atoms with Gasteiger partial charge in [0.2, 0.25) is 27.6 Å². The topological polar surface area (TPSA) is 174 Å². The summed E-state index contributed by atoms with van der Waals surface area (Å²) in [6.45, 7) is 16.3. The van der Waals surface area contributed by atoms with Crippen LogP contribution in [0.5, 0.6) is 0 Å². The summed E-state index contributed by atoms with van der Waals surface area (Å²) in [5, 5.41) is 13.2. The Balaban J connectivity index is 1.35. The van der Waals surface area contributed by atoms with Crippen LogP contribution in [0.15, 0.2) is 29.0 Å². The van der Waals surface area contributed by atoms with Crippen LogP contribution in [-0.2, 0) is 35.7 Å². The van der Waals surface area contributed by atoms with Crippen molar-refractivity contribution in [2.75, 3.05) is 19.6 Å². The number of hydrogen-bond donors (Lipinski definition) is 4. The summed E-state index contributed by atoms with van der Waals surface area (Å²) in [6, 6.07) is -2.34. The van der Waals surface area contributed by atoms with Crippen molar-refractivity contribution < 1.29 is 32.4 Å². The number of rotatable bonds is 15. The van der Waals surface area contributed by atoms with Crippen LogP contribution in [0, 0.1) is 28.6 Å². The molecule has 1 unspecified atom stereocenters. The molecule has 4 aliphatic rings. The number of thiophene rings is 1. The zero-order valence-corrected chi connectivity index (χ0v) is 33.7. The van der Waals surface area contributed by atoms with Crippen molar-refractivity contribution in [2.45, 2.75) is 129 Å². The molecule has 53 heavy (non-hydrogen) atoms. The molecule has 0 aromatic carbocycles. The van der Waals surface area contributed by atoms with Gasteiger partial charge in [0.1, 0.15) is 12.1 Å². The van der Waals surface area contributed by atoms with E-state index < -0.39 is 63.2 Å². The number of Topliss-reactive ketones (excluding diaryl/α,β-unsaturated/α-hetero) is 1. The normalized spacial score (nSPS) is 24.9. The fourth-order valence-corrected chi connectivity index (χ4v) is 11.4. The third kappa shape index (κ3) is 8.67. The Bertz CT molecular complexity index is 1680. The number of fused-ring (bicyclic) bond motifs is 2. The van der Waals surface area contributed by atoms with Gasteiger partial charge in [-0.2, -0.15) is 4.31 Å². The van der Waals surface area contributed by atoms with Crippen LogP contribution in [0.1, 0.15) is 97.8 Å². The fourth-order valence-electron chi connectivity index (χ4n) is 8.49. The molecule has 294 valence electrons. The van der Waals surface area contributed by atoms with Gasteiger partial charge < -0.3 is 26.2 Å². The Morgan fingerprint density at radius 1 is 1.08 bits per heavy atom. The maximum atomic E-state index is 14.7. The first-order chi connectivity index (χ1) is 24.9. The molecule has 1 aromatic heterocycles. The first kappa shape index (κ1) is 40.9. The van der Waals surface area contributed by atoms with Gasteiger partial charge >= 0.3 is 6.03 Å². The predicted molar refractivity (Wildman–Crippen MR) is 203 cm³/mol. The zero-order valence-electron chi connectivity index (χ0n) is 32.0. The molecule has 5 amide bonds. The molecule has 4 N–H and O–H groups in total. The highest BCUT2D eigenvalue weighted by atomic mass is 32.2. The number of urea groups is 1. The van der Waals surface area contributed by atoms with Gasteiger partial charge in [0.25, 0.3) is 5.91 Å². The molecule has 0 radical (unpaired) electrons. The number of sulfonamides is 1. The van der Waals surface area contributed by atoms with Gasteiger partial charge in [0.05, 0.1) is 10.9 Å². The lowest BCUT2D eigenvalue weighted by Crippen LogP contribution is -2.61. The number of unbranched alkanes of at least 4 members (excludes halogenated alkanes) is 1. The summed E-state index contributed by atoms with van der Waals surface area (Å²) >= 11 is 1.39. The Morgan fingerprint density at radius 3 is 2.40 bits per heavy atom. The second-order valence-corrected chi connectivity index (χ2v) is 19.8. The van der Waals surface area contributed by atoms with Crippen LogP contribution >= 0.6 is 11.3 Å². The van der Waals surface area contributed by atoms with Gasteiger partial charge in [0, 0.05) is 37.1 Å². The van der Waals surface area contributed by atoms with Crippen LogP contribution in [-0.4, -0.2) is 91.0 Å². The van der Waals surface area contributed by atoms with Crippen molar-refractivity contribution in [1.82, 2.24) is 30.5 Å². The van der Waals surface area contributed by atoms with Crippen molar-refractivity contribution in [2.24, 2.45) is 28.6 Å². The van der Waals surface area contributed by atoms with Crippen LogP contribution < -0.4 is 21.3 Å². The van der Waals surface area contributed by atoms with Crippen molar-refractivity contribution in [3.05, 3.63) is 29.0 Å². The largest absolute Gasteiger partial charge is 0.346 e. The van der Waals surface area contributed by atoms with Crippen molar-refractivity contribution >= 4 is 50.9 Å². The molecular formula is C38H58N6O7S2. The van der Waals surface area contributed by atoms with Gasteiger partial charge in [-0.05, 0) is 59.3 Å². The lowest BCUT2D eigenvalue weighted by atomic mass is 9.83. The summed E-state index contributed by atoms with van der Waals surface area (Å²) in [4.78, 5) is 71.3. The molecule has 1 aromatic rings. The minimum Gasteiger partial charge on any atom is -0.346 e. The maximum absolute atomic E-state index is 14.7. The lowest BCUT2D eigenvalue weighted by Gasteiger charge is -2.38. The van der Waals surface area contributed by atoms with Crippen LogP contribution in [0.2, 0.25) is 0 Å². The highest BCUT2D eigenvalue weighted by Gasteiger charge is 2.69. The number of nitrogens with zero attached hydrogens (tertiary/aromatic N) is 2. The fraction of sp³-hybridized carbons (Fsp3) is 0.711. The van der Waals surface area contributed by atoms with Gasteiger partial charge in [-0.3, -0.25) is 19.2 Å². The van der Waals surface area contributed by atoms with Crippen molar-refractivity contribution in [1.29, 1.82) is 0 Å². The molecule has 1 saturated heterocycles. The van der Waals surface area contributed by atoms with Crippen molar-refractivity contribution in [3.63, 3.8) is 0 Å². The summed E-state index contributed by atoms with van der Waals surface area (Å²) < 4.78 is 28.0. The monoisotopic (exact) mass is 774 g/mol. The van der Waals surface area contributed by atoms with E-state index in [0.717, 1.165) is 43.4 Å². The molecule has 0 bridgehead atoms. The molecular weight excluding hydrogens is 717 g/mol. The molecule has 3 fully saturated rings. The van der Waals surface area contributed by atoms with Gasteiger partial charge in [-0.15, -0.1) is 17.9 Å². The molecule has 2 aliphatic carbocycles. The van der Waals surface area contributed by atoms with Gasteiger partial charge in [-0.25, -0.2) is 13.2 Å². The van der Waals surface area contributed by atoms with E-state index in [1.165, 1.54) is 21.7 Å². The Kier molecular flexibility index (Phi) is 12.5. The first-order valence-electron chi connectivity index (χ1n) is 19.1. The maximum Gasteiger partial charge on any atom is 0.315 e.